The van der Waals surface area contributed by atoms with E-state index in [2.05, 4.69) is 12.2 Å². The Hall–Kier alpha value is -1.29. The third-order valence-electron chi connectivity index (χ3n) is 4.20. The van der Waals surface area contributed by atoms with Crippen LogP contribution in [0.25, 0.3) is 0 Å². The van der Waals surface area contributed by atoms with Crippen molar-refractivity contribution in [1.82, 2.24) is 5.32 Å². The number of aliphatic hydroxyl groups is 1. The standard InChI is InChI=1S/C16H25NO3/c1-12-5-3-6-13(9-12)10-15(18)17-11-16(2,19)14-7-4-8-20-14/h4,7-8,12-13,19H,3,5-6,9-11H2,1-2H3,(H,17,18). The maximum Gasteiger partial charge on any atom is 0.220 e. The van der Waals surface area contributed by atoms with E-state index in [-0.39, 0.29) is 12.5 Å². The van der Waals surface area contributed by atoms with Gasteiger partial charge in [-0.25, -0.2) is 0 Å². The molecule has 1 aliphatic rings. The van der Waals surface area contributed by atoms with Gasteiger partial charge in [0.15, 0.2) is 0 Å². The fourth-order valence-corrected chi connectivity index (χ4v) is 3.02. The summed E-state index contributed by atoms with van der Waals surface area (Å²) in [6, 6.07) is 3.45. The lowest BCUT2D eigenvalue weighted by Gasteiger charge is -2.27. The van der Waals surface area contributed by atoms with E-state index in [1.54, 1.807) is 19.1 Å². The van der Waals surface area contributed by atoms with Gasteiger partial charge in [-0.1, -0.05) is 19.8 Å². The average molecular weight is 279 g/mol. The molecule has 0 aliphatic heterocycles. The molecule has 0 aromatic carbocycles. The lowest BCUT2D eigenvalue weighted by Crippen LogP contribution is -2.39. The van der Waals surface area contributed by atoms with Gasteiger partial charge in [0.05, 0.1) is 12.8 Å². The van der Waals surface area contributed by atoms with Gasteiger partial charge in [0.2, 0.25) is 5.91 Å². The van der Waals surface area contributed by atoms with Crippen molar-refractivity contribution >= 4 is 5.91 Å². The number of carbonyl (C=O) groups excluding carboxylic acids is 1. The fourth-order valence-electron chi connectivity index (χ4n) is 3.02. The molecule has 3 atom stereocenters. The highest BCUT2D eigenvalue weighted by Gasteiger charge is 2.27. The van der Waals surface area contributed by atoms with Crippen LogP contribution in [0.5, 0.6) is 0 Å². The van der Waals surface area contributed by atoms with E-state index < -0.39 is 5.60 Å². The first-order valence-corrected chi connectivity index (χ1v) is 7.50. The number of hydrogen-bond acceptors (Lipinski definition) is 3. The monoisotopic (exact) mass is 279 g/mol. The van der Waals surface area contributed by atoms with E-state index in [1.165, 1.54) is 19.1 Å². The third-order valence-corrected chi connectivity index (χ3v) is 4.20. The van der Waals surface area contributed by atoms with Gasteiger partial charge in [-0.15, -0.1) is 0 Å². The molecule has 1 heterocycles. The summed E-state index contributed by atoms with van der Waals surface area (Å²) in [7, 11) is 0. The van der Waals surface area contributed by atoms with Crippen molar-refractivity contribution < 1.29 is 14.3 Å². The molecule has 20 heavy (non-hydrogen) atoms. The highest BCUT2D eigenvalue weighted by atomic mass is 16.4. The van der Waals surface area contributed by atoms with Gasteiger partial charge >= 0.3 is 0 Å². The quantitative estimate of drug-likeness (QED) is 0.871. The summed E-state index contributed by atoms with van der Waals surface area (Å²) in [5.41, 5.74) is -1.15. The Labute approximate surface area is 120 Å². The SMILES string of the molecule is CC1CCCC(CC(=O)NCC(C)(O)c2ccco2)C1. The average Bonchev–Trinajstić information content (AvgIpc) is 2.91. The van der Waals surface area contributed by atoms with Crippen LogP contribution in [0.1, 0.15) is 51.7 Å². The molecule has 1 aliphatic carbocycles. The Bertz CT molecular complexity index is 425. The molecule has 0 saturated heterocycles. The Balaban J connectivity index is 1.77. The van der Waals surface area contributed by atoms with Gasteiger partial charge in [0, 0.05) is 6.42 Å². The molecule has 0 spiro atoms. The van der Waals surface area contributed by atoms with Gasteiger partial charge in [-0.3, -0.25) is 4.79 Å². The van der Waals surface area contributed by atoms with Gasteiger partial charge in [-0.2, -0.15) is 0 Å². The smallest absolute Gasteiger partial charge is 0.220 e. The number of rotatable bonds is 5. The lowest BCUT2D eigenvalue weighted by molar-refractivity contribution is -0.123. The summed E-state index contributed by atoms with van der Waals surface area (Å²) in [6.45, 7) is 4.09. The Kier molecular flexibility index (Phi) is 4.86. The number of carbonyl (C=O) groups is 1. The predicted molar refractivity (Wildman–Crippen MR) is 77.0 cm³/mol. The summed E-state index contributed by atoms with van der Waals surface area (Å²) in [5.74, 6) is 1.72. The summed E-state index contributed by atoms with van der Waals surface area (Å²) >= 11 is 0. The number of amides is 1. The second-order valence-electron chi connectivity index (χ2n) is 6.37. The van der Waals surface area contributed by atoms with Crippen molar-refractivity contribution in [2.24, 2.45) is 11.8 Å². The molecule has 1 amide bonds. The van der Waals surface area contributed by atoms with Crippen LogP contribution in [0.2, 0.25) is 0 Å². The first-order chi connectivity index (χ1) is 9.47. The zero-order chi connectivity index (χ0) is 14.6. The first-order valence-electron chi connectivity index (χ1n) is 7.50. The summed E-state index contributed by atoms with van der Waals surface area (Å²) in [5, 5.41) is 13.1. The minimum atomic E-state index is -1.15. The second-order valence-corrected chi connectivity index (χ2v) is 6.37. The van der Waals surface area contributed by atoms with Crippen molar-refractivity contribution in [3.8, 4) is 0 Å². The predicted octanol–water partition coefficient (Wildman–Crippen LogP) is 2.82. The first kappa shape index (κ1) is 15.1. The van der Waals surface area contributed by atoms with E-state index in [0.29, 0.717) is 18.1 Å². The van der Waals surface area contributed by atoms with Crippen LogP contribution in [0.15, 0.2) is 22.8 Å². The molecule has 1 aromatic heterocycles. The zero-order valence-electron chi connectivity index (χ0n) is 12.4. The molecule has 1 aromatic rings. The maximum atomic E-state index is 12.0. The highest BCUT2D eigenvalue weighted by molar-refractivity contribution is 5.76. The van der Waals surface area contributed by atoms with Crippen LogP contribution in [-0.4, -0.2) is 17.6 Å². The molecule has 1 saturated carbocycles. The molecule has 2 rings (SSSR count). The van der Waals surface area contributed by atoms with Gasteiger partial charge in [-0.05, 0) is 43.7 Å². The third kappa shape index (κ3) is 4.10. The number of furan rings is 1. The molecule has 1 fully saturated rings. The number of hydrogen-bond donors (Lipinski definition) is 2. The lowest BCUT2D eigenvalue weighted by atomic mass is 9.81. The van der Waals surface area contributed by atoms with E-state index >= 15 is 0 Å². The van der Waals surface area contributed by atoms with Crippen LogP contribution >= 0.6 is 0 Å². The molecule has 4 heteroatoms. The van der Waals surface area contributed by atoms with Crippen LogP contribution in [-0.2, 0) is 10.4 Å². The van der Waals surface area contributed by atoms with Crippen molar-refractivity contribution in [2.75, 3.05) is 6.54 Å². The molecule has 3 unspecified atom stereocenters. The summed E-state index contributed by atoms with van der Waals surface area (Å²) in [6.07, 6.45) is 6.89. The minimum Gasteiger partial charge on any atom is -0.466 e. The van der Waals surface area contributed by atoms with Crippen LogP contribution in [0, 0.1) is 11.8 Å². The van der Waals surface area contributed by atoms with Crippen molar-refractivity contribution in [2.45, 2.75) is 51.6 Å². The summed E-state index contributed by atoms with van der Waals surface area (Å²) < 4.78 is 5.19. The normalized spacial score (nSPS) is 25.9. The van der Waals surface area contributed by atoms with Gasteiger partial charge < -0.3 is 14.8 Å². The molecule has 0 radical (unpaired) electrons. The van der Waals surface area contributed by atoms with E-state index in [9.17, 15) is 9.90 Å². The molecule has 0 bridgehead atoms. The topological polar surface area (TPSA) is 62.5 Å². The molecule has 4 nitrogen and oxygen atoms in total. The molecular formula is C16H25NO3. The minimum absolute atomic E-state index is 0.0240. The van der Waals surface area contributed by atoms with E-state index in [1.807, 2.05) is 0 Å². The van der Waals surface area contributed by atoms with Gasteiger partial charge in [0.1, 0.15) is 11.4 Å². The second kappa shape index (κ2) is 6.44. The zero-order valence-corrected chi connectivity index (χ0v) is 12.4. The Morgan fingerprint density at radius 2 is 2.35 bits per heavy atom. The van der Waals surface area contributed by atoms with Crippen LogP contribution < -0.4 is 5.32 Å². The molecule has 2 N–H and O–H groups in total. The van der Waals surface area contributed by atoms with Crippen LogP contribution in [0.3, 0.4) is 0 Å². The van der Waals surface area contributed by atoms with Crippen molar-refractivity contribution in [3.63, 3.8) is 0 Å². The molecule has 112 valence electrons. The number of nitrogens with one attached hydrogen (secondary N) is 1. The van der Waals surface area contributed by atoms with E-state index in [0.717, 1.165) is 18.8 Å². The maximum absolute atomic E-state index is 12.0. The largest absolute Gasteiger partial charge is 0.466 e. The van der Waals surface area contributed by atoms with Crippen molar-refractivity contribution in [3.05, 3.63) is 24.2 Å². The highest BCUT2D eigenvalue weighted by Crippen LogP contribution is 2.30. The molecular weight excluding hydrogens is 254 g/mol. The fraction of sp³-hybridized carbons (Fsp3) is 0.688. The van der Waals surface area contributed by atoms with E-state index in [4.69, 9.17) is 4.42 Å². The van der Waals surface area contributed by atoms with Crippen LogP contribution in [0.4, 0.5) is 0 Å². The Morgan fingerprint density at radius 3 is 3.00 bits per heavy atom. The van der Waals surface area contributed by atoms with Crippen molar-refractivity contribution in [1.29, 1.82) is 0 Å². The summed E-state index contributed by atoms with van der Waals surface area (Å²) in [4.78, 5) is 12.0. The Morgan fingerprint density at radius 1 is 1.55 bits per heavy atom. The van der Waals surface area contributed by atoms with Gasteiger partial charge in [0.25, 0.3) is 0 Å².